The van der Waals surface area contributed by atoms with Crippen LogP contribution >= 0.6 is 11.6 Å². The monoisotopic (exact) mass is 367 g/mol. The molecule has 0 spiro atoms. The van der Waals surface area contributed by atoms with Gasteiger partial charge in [-0.05, 0) is 43.5 Å². The van der Waals surface area contributed by atoms with Crippen molar-refractivity contribution in [3.63, 3.8) is 0 Å². The quantitative estimate of drug-likeness (QED) is 0.740. The van der Waals surface area contributed by atoms with Crippen LogP contribution in [0.15, 0.2) is 54.6 Å². The third kappa shape index (κ3) is 3.30. The molecule has 0 bridgehead atoms. The molecule has 5 nitrogen and oxygen atoms in total. The zero-order chi connectivity index (χ0) is 17.9. The molecule has 1 N–H and O–H groups in total. The number of benzene rings is 2. The van der Waals surface area contributed by atoms with Crippen LogP contribution in [0, 0.1) is 0 Å². The van der Waals surface area contributed by atoms with Crippen LogP contribution in [0.1, 0.15) is 17.7 Å². The summed E-state index contributed by atoms with van der Waals surface area (Å²) in [6.07, 6.45) is 2.92. The van der Waals surface area contributed by atoms with Gasteiger partial charge in [0.05, 0.1) is 16.4 Å². The van der Waals surface area contributed by atoms with Gasteiger partial charge in [0.2, 0.25) is 0 Å². The number of amides is 1. The van der Waals surface area contributed by atoms with E-state index in [1.54, 1.807) is 16.8 Å². The first-order valence-corrected chi connectivity index (χ1v) is 8.93. The number of aromatic nitrogens is 2. The molecule has 0 radical (unpaired) electrons. The number of carbonyl (C=O) groups is 1. The van der Waals surface area contributed by atoms with Gasteiger partial charge in [0.25, 0.3) is 5.91 Å². The van der Waals surface area contributed by atoms with Crippen molar-refractivity contribution in [1.29, 1.82) is 0 Å². The van der Waals surface area contributed by atoms with Crippen LogP contribution in [0.5, 0.6) is 5.75 Å². The molecule has 1 aromatic heterocycles. The highest BCUT2D eigenvalue weighted by atomic mass is 35.5. The Hall–Kier alpha value is -2.79. The maximum atomic E-state index is 12.5. The second kappa shape index (κ2) is 7.22. The Labute approximate surface area is 156 Å². The summed E-state index contributed by atoms with van der Waals surface area (Å²) in [5.74, 6) is 0.985. The van der Waals surface area contributed by atoms with E-state index in [4.69, 9.17) is 16.3 Å². The number of nitrogens with zero attached hydrogens (tertiary/aromatic N) is 2. The number of rotatable bonds is 5. The predicted molar refractivity (Wildman–Crippen MR) is 101 cm³/mol. The summed E-state index contributed by atoms with van der Waals surface area (Å²) >= 11 is 6.06. The molecule has 0 aliphatic heterocycles. The minimum absolute atomic E-state index is 0.113. The number of hydrogen-bond donors (Lipinski definition) is 1. The largest absolute Gasteiger partial charge is 0.482 e. The van der Waals surface area contributed by atoms with Crippen molar-refractivity contribution in [2.45, 2.75) is 19.3 Å². The van der Waals surface area contributed by atoms with Gasteiger partial charge < -0.3 is 10.1 Å². The first kappa shape index (κ1) is 16.7. The minimum atomic E-state index is -0.239. The number of halogens is 1. The maximum absolute atomic E-state index is 12.5. The normalized spacial score (nSPS) is 12.7. The molecule has 0 fully saturated rings. The fourth-order valence-corrected chi connectivity index (χ4v) is 3.34. The highest BCUT2D eigenvalue weighted by molar-refractivity contribution is 6.32. The van der Waals surface area contributed by atoms with E-state index >= 15 is 0 Å². The van der Waals surface area contributed by atoms with Gasteiger partial charge in [0.1, 0.15) is 11.6 Å². The number of anilines is 1. The number of aryl methyl sites for hydroxylation is 1. The highest BCUT2D eigenvalue weighted by Gasteiger charge is 2.24. The van der Waals surface area contributed by atoms with Crippen molar-refractivity contribution >= 4 is 23.3 Å². The Morgan fingerprint density at radius 2 is 1.88 bits per heavy atom. The molecule has 3 aromatic rings. The lowest BCUT2D eigenvalue weighted by atomic mass is 10.2. The average Bonchev–Trinajstić information content (AvgIpc) is 3.24. The van der Waals surface area contributed by atoms with Crippen LogP contribution < -0.4 is 10.1 Å². The number of fused-ring (bicyclic) bond motifs is 1. The molecule has 0 unspecified atom stereocenters. The van der Waals surface area contributed by atoms with Crippen molar-refractivity contribution < 1.29 is 9.53 Å². The zero-order valence-corrected chi connectivity index (χ0v) is 14.9. The second-order valence-corrected chi connectivity index (χ2v) is 6.55. The Morgan fingerprint density at radius 1 is 1.12 bits per heavy atom. The first-order valence-electron chi connectivity index (χ1n) is 8.56. The Morgan fingerprint density at radius 3 is 2.69 bits per heavy atom. The molecule has 0 saturated heterocycles. The van der Waals surface area contributed by atoms with Crippen LogP contribution in [0.4, 0.5) is 5.82 Å². The van der Waals surface area contributed by atoms with E-state index in [1.165, 1.54) is 0 Å². The van der Waals surface area contributed by atoms with Crippen molar-refractivity contribution in [3.05, 3.63) is 70.9 Å². The van der Waals surface area contributed by atoms with Gasteiger partial charge in [0, 0.05) is 5.56 Å². The summed E-state index contributed by atoms with van der Waals surface area (Å²) in [6.45, 7) is -0.113. The molecule has 2 aromatic carbocycles. The van der Waals surface area contributed by atoms with Crippen LogP contribution in [0.25, 0.3) is 5.69 Å². The molecule has 1 aliphatic rings. The van der Waals surface area contributed by atoms with Gasteiger partial charge in [-0.2, -0.15) is 5.10 Å². The summed E-state index contributed by atoms with van der Waals surface area (Å²) < 4.78 is 7.34. The van der Waals surface area contributed by atoms with Gasteiger partial charge in [-0.3, -0.25) is 4.79 Å². The Kier molecular flexibility index (Phi) is 4.63. The van der Waals surface area contributed by atoms with Gasteiger partial charge >= 0.3 is 0 Å². The summed E-state index contributed by atoms with van der Waals surface area (Å²) in [5, 5.41) is 8.14. The van der Waals surface area contributed by atoms with Crippen molar-refractivity contribution in [1.82, 2.24) is 9.78 Å². The Bertz CT molecular complexity index is 937. The van der Waals surface area contributed by atoms with Gasteiger partial charge in [-0.25, -0.2) is 4.68 Å². The van der Waals surface area contributed by atoms with Crippen LogP contribution in [-0.2, 0) is 17.6 Å². The molecule has 4 rings (SSSR count). The highest BCUT2D eigenvalue weighted by Crippen LogP contribution is 2.31. The lowest BCUT2D eigenvalue weighted by Gasteiger charge is -2.12. The van der Waals surface area contributed by atoms with Gasteiger partial charge in [-0.1, -0.05) is 41.9 Å². The van der Waals surface area contributed by atoms with Crippen molar-refractivity contribution in [2.75, 3.05) is 11.9 Å². The fourth-order valence-electron chi connectivity index (χ4n) is 3.15. The minimum Gasteiger partial charge on any atom is -0.482 e. The molecule has 1 aliphatic carbocycles. The summed E-state index contributed by atoms with van der Waals surface area (Å²) in [5.41, 5.74) is 3.08. The van der Waals surface area contributed by atoms with Crippen molar-refractivity contribution in [2.24, 2.45) is 0 Å². The molecule has 0 atom stereocenters. The number of para-hydroxylation sites is 2. The van der Waals surface area contributed by atoms with Crippen molar-refractivity contribution in [3.8, 4) is 11.4 Å². The lowest BCUT2D eigenvalue weighted by molar-refractivity contribution is -0.118. The number of carbonyl (C=O) groups excluding carboxylic acids is 1. The molecule has 0 saturated carbocycles. The molecular weight excluding hydrogens is 350 g/mol. The Balaban J connectivity index is 1.54. The smallest absolute Gasteiger partial charge is 0.263 e. The first-order chi connectivity index (χ1) is 12.7. The van der Waals surface area contributed by atoms with E-state index in [-0.39, 0.29) is 12.5 Å². The number of hydrogen-bond acceptors (Lipinski definition) is 3. The summed E-state index contributed by atoms with van der Waals surface area (Å²) in [6, 6.07) is 16.9. The average molecular weight is 368 g/mol. The topological polar surface area (TPSA) is 56.1 Å². The maximum Gasteiger partial charge on any atom is 0.263 e. The second-order valence-electron chi connectivity index (χ2n) is 6.14. The summed E-state index contributed by atoms with van der Waals surface area (Å²) in [7, 11) is 0. The lowest BCUT2D eigenvalue weighted by Crippen LogP contribution is -2.22. The van der Waals surface area contributed by atoms with E-state index in [1.807, 2.05) is 42.5 Å². The SMILES string of the molecule is O=C(COc1ccccc1Cl)Nc1c2c(nn1-c1ccccc1)CCC2. The van der Waals surface area contributed by atoms with E-state index in [9.17, 15) is 4.79 Å². The molecular formula is C20H18ClN3O2. The van der Waals surface area contributed by atoms with Gasteiger partial charge in [-0.15, -0.1) is 0 Å². The van der Waals surface area contributed by atoms with Crippen LogP contribution in [0.3, 0.4) is 0 Å². The summed E-state index contributed by atoms with van der Waals surface area (Å²) in [4.78, 5) is 12.5. The van der Waals surface area contributed by atoms with E-state index in [0.717, 1.165) is 42.0 Å². The predicted octanol–water partition coefficient (Wildman–Crippen LogP) is 4.03. The molecule has 132 valence electrons. The zero-order valence-electron chi connectivity index (χ0n) is 14.1. The van der Waals surface area contributed by atoms with E-state index in [2.05, 4.69) is 10.4 Å². The molecule has 1 amide bonds. The molecule has 1 heterocycles. The molecule has 26 heavy (non-hydrogen) atoms. The third-order valence-electron chi connectivity index (χ3n) is 4.36. The fraction of sp³-hybridized carbons (Fsp3) is 0.200. The van der Waals surface area contributed by atoms with E-state index in [0.29, 0.717) is 10.8 Å². The van der Waals surface area contributed by atoms with Gasteiger partial charge in [0.15, 0.2) is 6.61 Å². The standard InChI is InChI=1S/C20H18ClN3O2/c21-16-10-4-5-12-18(16)26-13-19(25)22-20-15-9-6-11-17(15)23-24(20)14-7-2-1-3-8-14/h1-5,7-8,10,12H,6,9,11,13H2,(H,22,25). The van der Waals surface area contributed by atoms with Crippen LogP contribution in [0.2, 0.25) is 5.02 Å². The molecule has 6 heteroatoms. The number of ether oxygens (including phenoxy) is 1. The third-order valence-corrected chi connectivity index (χ3v) is 4.67. The van der Waals surface area contributed by atoms with Crippen LogP contribution in [-0.4, -0.2) is 22.3 Å². The van der Waals surface area contributed by atoms with E-state index < -0.39 is 0 Å². The number of nitrogens with one attached hydrogen (secondary N) is 1.